The Morgan fingerprint density at radius 3 is 2.74 bits per heavy atom. The van der Waals surface area contributed by atoms with Gasteiger partial charge in [-0.3, -0.25) is 0 Å². The zero-order chi connectivity index (χ0) is 23.7. The molecule has 1 saturated carbocycles. The maximum Gasteiger partial charge on any atom is 0.163 e. The van der Waals surface area contributed by atoms with Crippen molar-refractivity contribution in [1.29, 1.82) is 0 Å². The Balaban J connectivity index is 1.31. The molecule has 0 unspecified atom stereocenters. The molecule has 0 bridgehead atoms. The van der Waals surface area contributed by atoms with Gasteiger partial charge in [0.1, 0.15) is 29.7 Å². The Kier molecular flexibility index (Phi) is 4.63. The van der Waals surface area contributed by atoms with Crippen LogP contribution in [0.2, 0.25) is 0 Å². The fourth-order valence-corrected chi connectivity index (χ4v) is 5.84. The molecule has 4 heterocycles. The second kappa shape index (κ2) is 7.38. The van der Waals surface area contributed by atoms with E-state index in [4.69, 9.17) is 20.9 Å². The molecule has 0 spiro atoms. The lowest BCUT2D eigenvalue weighted by molar-refractivity contribution is -0.168. The number of anilines is 2. The molecule has 4 aromatic rings. The van der Waals surface area contributed by atoms with Gasteiger partial charge >= 0.3 is 0 Å². The number of ether oxygens (including phenoxy) is 2. The second-order valence-electron chi connectivity index (χ2n) is 10.4. The smallest absolute Gasteiger partial charge is 0.163 e. The monoisotopic (exact) mass is 458 g/mol. The molecule has 1 aromatic carbocycles. The minimum Gasteiger partial charge on any atom is -0.384 e. The predicted octanol–water partition coefficient (Wildman–Crippen LogP) is 4.25. The Bertz CT molecular complexity index is 1400. The van der Waals surface area contributed by atoms with Crippen LogP contribution in [0.25, 0.3) is 21.9 Å². The largest absolute Gasteiger partial charge is 0.384 e. The van der Waals surface area contributed by atoms with Gasteiger partial charge in [-0.25, -0.2) is 15.0 Å². The van der Waals surface area contributed by atoms with Gasteiger partial charge < -0.3 is 25.5 Å². The molecule has 34 heavy (non-hydrogen) atoms. The first-order valence-electron chi connectivity index (χ1n) is 11.8. The first-order chi connectivity index (χ1) is 16.2. The number of nitrogens with zero attached hydrogens (tertiary/aromatic N) is 4. The van der Waals surface area contributed by atoms with Gasteiger partial charge in [0, 0.05) is 11.6 Å². The van der Waals surface area contributed by atoms with Crippen LogP contribution in [-0.2, 0) is 15.9 Å². The summed E-state index contributed by atoms with van der Waals surface area (Å²) in [5.41, 5.74) is 14.9. The van der Waals surface area contributed by atoms with Gasteiger partial charge in [-0.05, 0) is 68.4 Å². The maximum atomic E-state index is 6.50. The third kappa shape index (κ3) is 3.40. The Hall–Kier alpha value is -3.23. The molecule has 4 N–H and O–H groups in total. The summed E-state index contributed by atoms with van der Waals surface area (Å²) < 4.78 is 15.2. The van der Waals surface area contributed by atoms with E-state index in [1.54, 1.807) is 0 Å². The van der Waals surface area contributed by atoms with Crippen molar-refractivity contribution < 1.29 is 9.47 Å². The summed E-state index contributed by atoms with van der Waals surface area (Å²) in [6.45, 7) is 6.31. The standard InChI is InChI=1S/C26H30N6O2/c1-25(2)33-21-19(32-11-9-17-23(28)29-14-30-24(17)32)13-26(3,22(21)34-25)10-8-15-4-5-16-6-7-20(27)31-18(16)12-15/h4-7,9,11-12,14,19,21-22H,8,10,13H2,1-3H3,(H2,27,31)(H2,28,29,30)/t19-,21+,22+,26+/m1/s1. The number of aryl methyl sites for hydroxylation is 1. The van der Waals surface area contributed by atoms with Crippen LogP contribution < -0.4 is 11.5 Å². The molecule has 6 rings (SSSR count). The van der Waals surface area contributed by atoms with Crippen molar-refractivity contribution in [3.05, 3.63) is 54.5 Å². The number of fused-ring (bicyclic) bond motifs is 3. The summed E-state index contributed by atoms with van der Waals surface area (Å²) in [6, 6.07) is 12.4. The van der Waals surface area contributed by atoms with Crippen molar-refractivity contribution in [3.8, 4) is 0 Å². The quantitative estimate of drug-likeness (QED) is 0.470. The van der Waals surface area contributed by atoms with Crippen molar-refractivity contribution in [3.63, 3.8) is 0 Å². The fourth-order valence-electron chi connectivity index (χ4n) is 5.84. The molecule has 3 aromatic heterocycles. The van der Waals surface area contributed by atoms with Crippen molar-refractivity contribution >= 4 is 33.6 Å². The summed E-state index contributed by atoms with van der Waals surface area (Å²) in [5.74, 6) is 0.409. The Morgan fingerprint density at radius 1 is 1.06 bits per heavy atom. The summed E-state index contributed by atoms with van der Waals surface area (Å²) in [7, 11) is 0. The molecule has 8 heteroatoms. The normalized spacial score (nSPS) is 28.0. The highest BCUT2D eigenvalue weighted by Gasteiger charge is 2.59. The van der Waals surface area contributed by atoms with E-state index in [2.05, 4.69) is 50.8 Å². The zero-order valence-corrected chi connectivity index (χ0v) is 19.7. The first kappa shape index (κ1) is 21.3. The maximum absolute atomic E-state index is 6.50. The van der Waals surface area contributed by atoms with Gasteiger partial charge in [0.25, 0.3) is 0 Å². The van der Waals surface area contributed by atoms with Crippen LogP contribution in [0.5, 0.6) is 0 Å². The first-order valence-corrected chi connectivity index (χ1v) is 11.8. The molecule has 0 radical (unpaired) electrons. The zero-order valence-electron chi connectivity index (χ0n) is 19.7. The van der Waals surface area contributed by atoms with Gasteiger partial charge in [0.05, 0.1) is 23.0 Å². The third-order valence-corrected chi connectivity index (χ3v) is 7.53. The molecule has 1 aliphatic carbocycles. The molecule has 8 nitrogen and oxygen atoms in total. The third-order valence-electron chi connectivity index (χ3n) is 7.53. The minimum atomic E-state index is -0.628. The summed E-state index contributed by atoms with van der Waals surface area (Å²) in [4.78, 5) is 13.2. The number of aromatic nitrogens is 4. The van der Waals surface area contributed by atoms with Gasteiger partial charge in [-0.2, -0.15) is 0 Å². The highest BCUT2D eigenvalue weighted by atomic mass is 16.8. The van der Waals surface area contributed by atoms with E-state index in [0.29, 0.717) is 11.6 Å². The molecule has 4 atom stereocenters. The number of pyridine rings is 1. The molecule has 0 amide bonds. The lowest BCUT2D eigenvalue weighted by Gasteiger charge is -2.32. The minimum absolute atomic E-state index is 0.0154. The van der Waals surface area contributed by atoms with Crippen LogP contribution in [0.1, 0.15) is 45.2 Å². The van der Waals surface area contributed by atoms with E-state index in [0.717, 1.165) is 41.2 Å². The van der Waals surface area contributed by atoms with Gasteiger partial charge in [-0.15, -0.1) is 0 Å². The van der Waals surface area contributed by atoms with E-state index < -0.39 is 5.79 Å². The number of nitrogen functional groups attached to an aromatic ring is 2. The molecular weight excluding hydrogens is 428 g/mol. The van der Waals surface area contributed by atoms with Crippen molar-refractivity contribution in [2.24, 2.45) is 5.41 Å². The van der Waals surface area contributed by atoms with Crippen LogP contribution >= 0.6 is 0 Å². The van der Waals surface area contributed by atoms with Crippen LogP contribution in [0.4, 0.5) is 11.6 Å². The highest BCUT2D eigenvalue weighted by molar-refractivity contribution is 5.86. The lowest BCUT2D eigenvalue weighted by atomic mass is 9.80. The summed E-state index contributed by atoms with van der Waals surface area (Å²) in [6.07, 6.45) is 6.31. The molecule has 176 valence electrons. The van der Waals surface area contributed by atoms with Crippen molar-refractivity contribution in [2.45, 2.75) is 64.1 Å². The van der Waals surface area contributed by atoms with Gasteiger partial charge in [0.15, 0.2) is 5.79 Å². The van der Waals surface area contributed by atoms with E-state index in [-0.39, 0.29) is 23.7 Å². The average Bonchev–Trinajstić information content (AvgIpc) is 3.44. The Morgan fingerprint density at radius 2 is 1.88 bits per heavy atom. The summed E-state index contributed by atoms with van der Waals surface area (Å²) >= 11 is 0. The molecular formula is C26H30N6O2. The van der Waals surface area contributed by atoms with Gasteiger partial charge in [0.2, 0.25) is 0 Å². The number of hydrogen-bond acceptors (Lipinski definition) is 7. The predicted molar refractivity (Wildman–Crippen MR) is 132 cm³/mol. The number of rotatable bonds is 4. The van der Waals surface area contributed by atoms with E-state index in [1.807, 2.05) is 32.0 Å². The number of benzene rings is 1. The molecule has 2 aliphatic rings. The second-order valence-corrected chi connectivity index (χ2v) is 10.4. The van der Waals surface area contributed by atoms with Crippen LogP contribution in [0, 0.1) is 5.41 Å². The summed E-state index contributed by atoms with van der Waals surface area (Å²) in [5, 5.41) is 1.97. The lowest BCUT2D eigenvalue weighted by Crippen LogP contribution is -2.34. The van der Waals surface area contributed by atoms with E-state index >= 15 is 0 Å². The Labute approximate surface area is 198 Å². The van der Waals surface area contributed by atoms with Crippen molar-refractivity contribution in [2.75, 3.05) is 11.5 Å². The van der Waals surface area contributed by atoms with Crippen LogP contribution in [0.15, 0.2) is 48.9 Å². The molecule has 2 fully saturated rings. The van der Waals surface area contributed by atoms with Gasteiger partial charge in [-0.1, -0.05) is 19.1 Å². The van der Waals surface area contributed by atoms with Crippen LogP contribution in [0.3, 0.4) is 0 Å². The highest BCUT2D eigenvalue weighted by Crippen LogP contribution is 2.55. The molecule has 1 aliphatic heterocycles. The number of nitrogens with two attached hydrogens (primary N) is 2. The molecule has 1 saturated heterocycles. The topological polar surface area (TPSA) is 114 Å². The van der Waals surface area contributed by atoms with Crippen LogP contribution in [-0.4, -0.2) is 37.5 Å². The van der Waals surface area contributed by atoms with E-state index in [9.17, 15) is 0 Å². The fraction of sp³-hybridized carbons (Fsp3) is 0.423. The average molecular weight is 459 g/mol. The number of hydrogen-bond donors (Lipinski definition) is 2. The SMILES string of the molecule is CC1(C)O[C@H]2[C@H](n3ccc4c(N)ncnc43)C[C@](C)(CCc3ccc4ccc(N)nc4c3)[C@H]2O1. The van der Waals surface area contributed by atoms with E-state index in [1.165, 1.54) is 11.9 Å². The van der Waals surface area contributed by atoms with Crippen molar-refractivity contribution in [1.82, 2.24) is 19.5 Å².